The van der Waals surface area contributed by atoms with Gasteiger partial charge in [-0.05, 0) is 30.3 Å². The Labute approximate surface area is 80.1 Å². The molecule has 2 nitrogen and oxygen atoms in total. The first kappa shape index (κ1) is 9.07. The number of ether oxygens (including phenoxy) is 1. The Morgan fingerprint density at radius 1 is 1.54 bits per heavy atom. The maximum Gasteiger partial charge on any atom is 0.0876 e. The van der Waals surface area contributed by atoms with E-state index < -0.39 is 0 Å². The molecule has 0 aromatic rings. The second kappa shape index (κ2) is 2.74. The average molecular weight is 181 g/mol. The molecule has 0 bridgehead atoms. The van der Waals surface area contributed by atoms with Gasteiger partial charge < -0.3 is 10.5 Å². The molecule has 2 N–H and O–H groups in total. The molecular formula is C11H19NO. The molecule has 0 aromatic heterocycles. The molecule has 13 heavy (non-hydrogen) atoms. The van der Waals surface area contributed by atoms with Crippen molar-refractivity contribution in [2.24, 2.45) is 16.6 Å². The van der Waals surface area contributed by atoms with E-state index in [0.717, 1.165) is 19.6 Å². The van der Waals surface area contributed by atoms with Gasteiger partial charge in [0.25, 0.3) is 0 Å². The van der Waals surface area contributed by atoms with Crippen LogP contribution in [0.1, 0.15) is 33.1 Å². The van der Waals surface area contributed by atoms with Crippen molar-refractivity contribution in [2.75, 3.05) is 13.2 Å². The number of rotatable bonds is 2. The molecule has 1 atom stereocenters. The Balaban J connectivity index is 2.19. The van der Waals surface area contributed by atoms with Crippen LogP contribution in [0.2, 0.25) is 0 Å². The Hall–Kier alpha value is -0.500. The van der Waals surface area contributed by atoms with Crippen molar-refractivity contribution in [1.29, 1.82) is 0 Å². The molecule has 1 aliphatic carbocycles. The van der Waals surface area contributed by atoms with Crippen LogP contribution in [0.4, 0.5) is 0 Å². The first-order valence-corrected chi connectivity index (χ1v) is 5.14. The molecule has 1 fully saturated rings. The Morgan fingerprint density at radius 2 is 2.23 bits per heavy atom. The van der Waals surface area contributed by atoms with Gasteiger partial charge in [0, 0.05) is 12.0 Å². The second-order valence-corrected chi connectivity index (χ2v) is 4.96. The summed E-state index contributed by atoms with van der Waals surface area (Å²) in [6.45, 7) is 6.25. The zero-order valence-corrected chi connectivity index (χ0v) is 8.60. The van der Waals surface area contributed by atoms with Gasteiger partial charge in [0.15, 0.2) is 0 Å². The van der Waals surface area contributed by atoms with Crippen LogP contribution >= 0.6 is 0 Å². The molecule has 2 heteroatoms. The van der Waals surface area contributed by atoms with E-state index in [9.17, 15) is 0 Å². The minimum Gasteiger partial charge on any atom is -0.501 e. The van der Waals surface area contributed by atoms with E-state index in [1.807, 2.05) is 6.26 Å². The first-order chi connectivity index (χ1) is 6.12. The standard InChI is InChI=1S/C11H19NO/c1-10(2)7-11(10,8-12)9-4-3-5-13-6-9/h6H,3-5,7-8,12H2,1-2H3. The smallest absolute Gasteiger partial charge is 0.0876 e. The lowest BCUT2D eigenvalue weighted by atomic mass is 9.85. The van der Waals surface area contributed by atoms with Crippen LogP contribution in [-0.2, 0) is 4.74 Å². The third-order valence-electron chi connectivity index (χ3n) is 3.81. The minimum atomic E-state index is 0.271. The Kier molecular flexibility index (Phi) is 1.91. The minimum absolute atomic E-state index is 0.271. The molecule has 2 aliphatic rings. The molecule has 74 valence electrons. The molecule has 0 spiro atoms. The lowest BCUT2D eigenvalue weighted by Gasteiger charge is -2.25. The van der Waals surface area contributed by atoms with Gasteiger partial charge in [-0.2, -0.15) is 0 Å². The predicted octanol–water partition coefficient (Wildman–Crippen LogP) is 2.06. The van der Waals surface area contributed by atoms with Gasteiger partial charge in [-0.25, -0.2) is 0 Å². The molecule has 0 saturated heterocycles. The van der Waals surface area contributed by atoms with Gasteiger partial charge in [0.05, 0.1) is 12.9 Å². The van der Waals surface area contributed by atoms with E-state index in [-0.39, 0.29) is 5.41 Å². The van der Waals surface area contributed by atoms with E-state index in [0.29, 0.717) is 5.41 Å². The fourth-order valence-electron chi connectivity index (χ4n) is 2.65. The van der Waals surface area contributed by atoms with Crippen LogP contribution in [0.3, 0.4) is 0 Å². The maximum atomic E-state index is 5.88. The fraction of sp³-hybridized carbons (Fsp3) is 0.818. The van der Waals surface area contributed by atoms with E-state index in [2.05, 4.69) is 13.8 Å². The summed E-state index contributed by atoms with van der Waals surface area (Å²) >= 11 is 0. The van der Waals surface area contributed by atoms with Crippen LogP contribution < -0.4 is 5.73 Å². The van der Waals surface area contributed by atoms with Gasteiger partial charge in [-0.15, -0.1) is 0 Å². The largest absolute Gasteiger partial charge is 0.501 e. The summed E-state index contributed by atoms with van der Waals surface area (Å²) in [7, 11) is 0. The summed E-state index contributed by atoms with van der Waals surface area (Å²) in [5.74, 6) is 0. The van der Waals surface area contributed by atoms with E-state index >= 15 is 0 Å². The topological polar surface area (TPSA) is 35.2 Å². The highest BCUT2D eigenvalue weighted by atomic mass is 16.5. The highest BCUT2D eigenvalue weighted by molar-refractivity contribution is 5.29. The van der Waals surface area contributed by atoms with Crippen molar-refractivity contribution >= 4 is 0 Å². The lowest BCUT2D eigenvalue weighted by Crippen LogP contribution is -2.25. The molecule has 0 radical (unpaired) electrons. The third-order valence-corrected chi connectivity index (χ3v) is 3.81. The van der Waals surface area contributed by atoms with Crippen LogP contribution in [0.15, 0.2) is 11.8 Å². The van der Waals surface area contributed by atoms with Crippen LogP contribution in [0.5, 0.6) is 0 Å². The molecular weight excluding hydrogens is 162 g/mol. The first-order valence-electron chi connectivity index (χ1n) is 5.14. The van der Waals surface area contributed by atoms with Gasteiger partial charge in [-0.1, -0.05) is 13.8 Å². The van der Waals surface area contributed by atoms with Gasteiger partial charge in [-0.3, -0.25) is 0 Å². The summed E-state index contributed by atoms with van der Waals surface area (Å²) in [4.78, 5) is 0. The monoisotopic (exact) mass is 181 g/mol. The fourth-order valence-corrected chi connectivity index (χ4v) is 2.65. The second-order valence-electron chi connectivity index (χ2n) is 4.96. The number of hydrogen-bond acceptors (Lipinski definition) is 2. The summed E-state index contributed by atoms with van der Waals surface area (Å²) < 4.78 is 5.39. The maximum absolute atomic E-state index is 5.88. The van der Waals surface area contributed by atoms with Crippen LogP contribution in [-0.4, -0.2) is 13.2 Å². The molecule has 1 heterocycles. The summed E-state index contributed by atoms with van der Waals surface area (Å²) in [6.07, 6.45) is 5.53. The summed E-state index contributed by atoms with van der Waals surface area (Å²) in [5.41, 5.74) is 8.00. The molecule has 2 rings (SSSR count). The molecule has 1 saturated carbocycles. The Morgan fingerprint density at radius 3 is 2.62 bits per heavy atom. The SMILES string of the molecule is CC1(C)CC1(CN)C1=COCCC1. The number of nitrogens with two attached hydrogens (primary N) is 1. The van der Waals surface area contributed by atoms with E-state index in [4.69, 9.17) is 10.5 Å². The van der Waals surface area contributed by atoms with Crippen molar-refractivity contribution < 1.29 is 4.74 Å². The van der Waals surface area contributed by atoms with Crippen molar-refractivity contribution in [3.8, 4) is 0 Å². The molecule has 1 unspecified atom stereocenters. The lowest BCUT2D eigenvalue weighted by molar-refractivity contribution is 0.212. The zero-order valence-electron chi connectivity index (χ0n) is 8.60. The number of hydrogen-bond donors (Lipinski definition) is 1. The molecule has 0 amide bonds. The van der Waals surface area contributed by atoms with E-state index in [1.54, 1.807) is 0 Å². The third kappa shape index (κ3) is 1.19. The van der Waals surface area contributed by atoms with Crippen molar-refractivity contribution in [1.82, 2.24) is 0 Å². The van der Waals surface area contributed by atoms with Crippen molar-refractivity contribution in [3.05, 3.63) is 11.8 Å². The van der Waals surface area contributed by atoms with Crippen LogP contribution in [0.25, 0.3) is 0 Å². The normalized spacial score (nSPS) is 36.4. The van der Waals surface area contributed by atoms with Gasteiger partial charge >= 0.3 is 0 Å². The van der Waals surface area contributed by atoms with Crippen molar-refractivity contribution in [3.63, 3.8) is 0 Å². The van der Waals surface area contributed by atoms with E-state index in [1.165, 1.54) is 18.4 Å². The predicted molar refractivity (Wildman–Crippen MR) is 53.2 cm³/mol. The van der Waals surface area contributed by atoms with Crippen molar-refractivity contribution in [2.45, 2.75) is 33.1 Å². The average Bonchev–Trinajstić information content (AvgIpc) is 2.72. The highest BCUT2D eigenvalue weighted by Gasteiger charge is 2.62. The quantitative estimate of drug-likeness (QED) is 0.707. The summed E-state index contributed by atoms with van der Waals surface area (Å²) in [6, 6.07) is 0. The Bertz CT molecular complexity index is 244. The summed E-state index contributed by atoms with van der Waals surface area (Å²) in [5, 5.41) is 0. The molecule has 1 aliphatic heterocycles. The van der Waals surface area contributed by atoms with Gasteiger partial charge in [0.2, 0.25) is 0 Å². The molecule has 0 aromatic carbocycles. The van der Waals surface area contributed by atoms with Crippen LogP contribution in [0, 0.1) is 10.8 Å². The highest BCUT2D eigenvalue weighted by Crippen LogP contribution is 2.67. The zero-order chi connectivity index (χ0) is 9.53. The van der Waals surface area contributed by atoms with Gasteiger partial charge in [0.1, 0.15) is 0 Å².